The highest BCUT2D eigenvalue weighted by Gasteiger charge is 2.44. The van der Waals surface area contributed by atoms with Gasteiger partial charge in [0.1, 0.15) is 5.69 Å². The standard InChI is InChI=1S/C22H24FN7O/c1-13-9-16(23)21(24-11-13)28-17-10-15-4-6-18(17)29(12-15)22(31)20-19(5-3-14(2)27-20)30-25-7-8-26-30/h3,5,7-9,11,15,17-18H,4,6,10,12H2,1-2H3,(H,24,28). The van der Waals surface area contributed by atoms with Crippen LogP contribution < -0.4 is 5.32 Å². The average Bonchev–Trinajstić information content (AvgIpc) is 3.30. The van der Waals surface area contributed by atoms with E-state index in [4.69, 9.17) is 0 Å². The highest BCUT2D eigenvalue weighted by Crippen LogP contribution is 2.37. The van der Waals surface area contributed by atoms with E-state index in [1.807, 2.05) is 30.9 Å². The lowest BCUT2D eigenvalue weighted by Gasteiger charge is -2.50. The molecule has 1 aliphatic carbocycles. The van der Waals surface area contributed by atoms with Crippen LogP contribution in [0.5, 0.6) is 0 Å². The molecule has 6 rings (SSSR count). The van der Waals surface area contributed by atoms with E-state index >= 15 is 0 Å². The maximum absolute atomic E-state index is 14.4. The number of nitrogens with one attached hydrogen (secondary N) is 1. The zero-order valence-corrected chi connectivity index (χ0v) is 17.5. The molecule has 3 fully saturated rings. The lowest BCUT2D eigenvalue weighted by Crippen LogP contribution is -2.60. The quantitative estimate of drug-likeness (QED) is 0.697. The van der Waals surface area contributed by atoms with Crippen LogP contribution in [0.1, 0.15) is 41.0 Å². The fraction of sp³-hybridized carbons (Fsp3) is 0.409. The molecule has 8 nitrogen and oxygen atoms in total. The van der Waals surface area contributed by atoms with E-state index in [1.54, 1.807) is 18.6 Å². The molecule has 3 unspecified atom stereocenters. The number of pyridine rings is 2. The molecule has 2 bridgehead atoms. The van der Waals surface area contributed by atoms with E-state index < -0.39 is 0 Å². The maximum Gasteiger partial charge on any atom is 0.275 e. The summed E-state index contributed by atoms with van der Waals surface area (Å²) >= 11 is 0. The first-order chi connectivity index (χ1) is 15.0. The summed E-state index contributed by atoms with van der Waals surface area (Å²) in [6.45, 7) is 4.34. The molecule has 2 aliphatic heterocycles. The third kappa shape index (κ3) is 3.64. The lowest BCUT2D eigenvalue weighted by atomic mass is 9.76. The first-order valence-electron chi connectivity index (χ1n) is 10.5. The number of hydrogen-bond acceptors (Lipinski definition) is 6. The summed E-state index contributed by atoms with van der Waals surface area (Å²) in [7, 11) is 0. The first kappa shape index (κ1) is 19.6. The molecule has 3 aromatic heterocycles. The minimum atomic E-state index is -0.369. The first-order valence-corrected chi connectivity index (χ1v) is 10.5. The van der Waals surface area contributed by atoms with E-state index in [9.17, 15) is 9.18 Å². The number of aryl methyl sites for hydroxylation is 2. The number of fused-ring (bicyclic) bond motifs is 3. The molecular weight excluding hydrogens is 397 g/mol. The molecule has 1 amide bonds. The van der Waals surface area contributed by atoms with Crippen molar-refractivity contribution in [2.24, 2.45) is 5.92 Å². The number of halogens is 1. The monoisotopic (exact) mass is 421 g/mol. The van der Waals surface area contributed by atoms with Crippen LogP contribution in [0.3, 0.4) is 0 Å². The van der Waals surface area contributed by atoms with E-state index in [0.29, 0.717) is 23.8 Å². The predicted octanol–water partition coefficient (Wildman–Crippen LogP) is 2.92. The molecule has 2 saturated heterocycles. The number of amides is 1. The molecule has 31 heavy (non-hydrogen) atoms. The van der Waals surface area contributed by atoms with Crippen LogP contribution in [0.2, 0.25) is 0 Å². The SMILES string of the molecule is Cc1cnc(NC2CC3CCC2N(C(=O)c2nc(C)ccc2-n2nccn2)C3)c(F)c1. The van der Waals surface area contributed by atoms with Crippen molar-refractivity contribution in [1.82, 2.24) is 29.9 Å². The van der Waals surface area contributed by atoms with Crippen LogP contribution in [0.25, 0.3) is 5.69 Å². The predicted molar refractivity (Wildman–Crippen MR) is 112 cm³/mol. The largest absolute Gasteiger partial charge is 0.363 e. The summed E-state index contributed by atoms with van der Waals surface area (Å²) in [5.74, 6) is 0.0861. The Kier molecular flexibility index (Phi) is 4.88. The van der Waals surface area contributed by atoms with E-state index in [-0.39, 0.29) is 29.6 Å². The van der Waals surface area contributed by atoms with Crippen LogP contribution >= 0.6 is 0 Å². The van der Waals surface area contributed by atoms with Crippen LogP contribution in [0.4, 0.5) is 10.2 Å². The van der Waals surface area contributed by atoms with Gasteiger partial charge in [-0.15, -0.1) is 4.80 Å². The molecule has 1 N–H and O–H groups in total. The van der Waals surface area contributed by atoms with Gasteiger partial charge >= 0.3 is 0 Å². The van der Waals surface area contributed by atoms with Crippen molar-refractivity contribution < 1.29 is 9.18 Å². The summed E-state index contributed by atoms with van der Waals surface area (Å²) in [5.41, 5.74) is 2.41. The molecule has 3 aromatic rings. The van der Waals surface area contributed by atoms with Gasteiger partial charge in [-0.1, -0.05) is 0 Å². The van der Waals surface area contributed by atoms with Gasteiger partial charge in [-0.2, -0.15) is 10.2 Å². The number of carbonyl (C=O) groups excluding carboxylic acids is 1. The van der Waals surface area contributed by atoms with Gasteiger partial charge < -0.3 is 10.2 Å². The van der Waals surface area contributed by atoms with Gasteiger partial charge in [-0.25, -0.2) is 14.4 Å². The van der Waals surface area contributed by atoms with Crippen LogP contribution in [-0.4, -0.2) is 54.4 Å². The average molecular weight is 421 g/mol. The van der Waals surface area contributed by atoms with Gasteiger partial charge in [0.2, 0.25) is 0 Å². The smallest absolute Gasteiger partial charge is 0.275 e. The number of piperidine rings is 2. The molecule has 0 aromatic carbocycles. The fourth-order valence-electron chi connectivity index (χ4n) is 4.74. The van der Waals surface area contributed by atoms with Crippen molar-refractivity contribution in [3.63, 3.8) is 0 Å². The number of anilines is 1. The molecular formula is C22H24FN7O. The topological polar surface area (TPSA) is 88.8 Å². The fourth-order valence-corrected chi connectivity index (χ4v) is 4.74. The van der Waals surface area contributed by atoms with E-state index in [2.05, 4.69) is 25.5 Å². The highest BCUT2D eigenvalue weighted by atomic mass is 19.1. The molecule has 3 aliphatic rings. The lowest BCUT2D eigenvalue weighted by molar-refractivity contribution is 0.0275. The number of aromatic nitrogens is 5. The van der Waals surface area contributed by atoms with Crippen LogP contribution in [-0.2, 0) is 0 Å². The van der Waals surface area contributed by atoms with E-state index in [0.717, 1.165) is 30.5 Å². The molecule has 5 heterocycles. The molecule has 0 radical (unpaired) electrons. The summed E-state index contributed by atoms with van der Waals surface area (Å²) in [4.78, 5) is 25.7. The highest BCUT2D eigenvalue weighted by molar-refractivity contribution is 5.96. The van der Waals surface area contributed by atoms with Crippen LogP contribution in [0, 0.1) is 25.6 Å². The Morgan fingerprint density at radius 2 is 2.00 bits per heavy atom. The number of carbonyl (C=O) groups is 1. The third-order valence-corrected chi connectivity index (χ3v) is 6.19. The molecule has 0 spiro atoms. The minimum Gasteiger partial charge on any atom is -0.363 e. The summed E-state index contributed by atoms with van der Waals surface area (Å²) in [6.07, 6.45) is 7.60. The Bertz CT molecular complexity index is 1120. The van der Waals surface area contributed by atoms with Crippen molar-refractivity contribution in [2.45, 2.75) is 45.2 Å². The second-order valence-electron chi connectivity index (χ2n) is 8.44. The van der Waals surface area contributed by atoms with Crippen LogP contribution in [0.15, 0.2) is 36.8 Å². The van der Waals surface area contributed by atoms with Gasteiger partial charge in [0.15, 0.2) is 17.3 Å². The Labute approximate surface area is 179 Å². The Morgan fingerprint density at radius 1 is 1.19 bits per heavy atom. The molecule has 3 atom stereocenters. The van der Waals surface area contributed by atoms with Gasteiger partial charge in [-0.05, 0) is 62.8 Å². The molecule has 1 saturated carbocycles. The number of rotatable bonds is 4. The Morgan fingerprint density at radius 3 is 2.74 bits per heavy atom. The second-order valence-corrected chi connectivity index (χ2v) is 8.44. The second kappa shape index (κ2) is 7.72. The van der Waals surface area contributed by atoms with Gasteiger partial charge in [0.05, 0.1) is 18.4 Å². The zero-order valence-electron chi connectivity index (χ0n) is 17.5. The van der Waals surface area contributed by atoms with Crippen molar-refractivity contribution >= 4 is 11.7 Å². The Hall–Kier alpha value is -3.36. The zero-order chi connectivity index (χ0) is 21.5. The van der Waals surface area contributed by atoms with Gasteiger partial charge in [0, 0.05) is 24.5 Å². The summed E-state index contributed by atoms with van der Waals surface area (Å²) in [6, 6.07) is 5.02. The summed E-state index contributed by atoms with van der Waals surface area (Å²) in [5, 5.41) is 11.6. The minimum absolute atomic E-state index is 0.0549. The number of nitrogens with zero attached hydrogens (tertiary/aromatic N) is 6. The van der Waals surface area contributed by atoms with Crippen molar-refractivity contribution in [2.75, 3.05) is 11.9 Å². The van der Waals surface area contributed by atoms with E-state index in [1.165, 1.54) is 10.9 Å². The summed E-state index contributed by atoms with van der Waals surface area (Å²) < 4.78 is 14.4. The molecule has 9 heteroatoms. The number of hydrogen-bond donors (Lipinski definition) is 1. The van der Waals surface area contributed by atoms with Crippen molar-refractivity contribution in [3.05, 3.63) is 59.6 Å². The van der Waals surface area contributed by atoms with Gasteiger partial charge in [0.25, 0.3) is 5.91 Å². The normalized spacial score (nSPS) is 22.5. The third-order valence-electron chi connectivity index (χ3n) is 6.19. The van der Waals surface area contributed by atoms with Gasteiger partial charge in [-0.3, -0.25) is 4.79 Å². The van der Waals surface area contributed by atoms with Crippen molar-refractivity contribution in [1.29, 1.82) is 0 Å². The Balaban J connectivity index is 1.44. The maximum atomic E-state index is 14.4. The molecule has 160 valence electrons. The van der Waals surface area contributed by atoms with Crippen molar-refractivity contribution in [3.8, 4) is 5.69 Å².